The van der Waals surface area contributed by atoms with Crippen LogP contribution in [-0.2, 0) is 16.0 Å². The largest absolute Gasteiger partial charge is 0.612 e. The average molecular weight is 339 g/mol. The Morgan fingerprint density at radius 1 is 1.17 bits per heavy atom. The Labute approximate surface area is 143 Å². The minimum atomic E-state index is -1.01. The van der Waals surface area contributed by atoms with E-state index in [9.17, 15) is 13.7 Å². The van der Waals surface area contributed by atoms with Crippen molar-refractivity contribution in [3.8, 4) is 0 Å². The molecule has 3 rings (SSSR count). The Bertz CT molecular complexity index is 848. The van der Waals surface area contributed by atoms with E-state index in [1.54, 1.807) is 12.3 Å². The Morgan fingerprint density at radius 3 is 2.50 bits per heavy atom. The Morgan fingerprint density at radius 2 is 1.88 bits per heavy atom. The summed E-state index contributed by atoms with van der Waals surface area (Å²) in [5, 5.41) is 0. The monoisotopic (exact) mass is 339 g/mol. The molecule has 0 bridgehead atoms. The van der Waals surface area contributed by atoms with Gasteiger partial charge in [-0.15, -0.1) is 0 Å². The molecule has 1 radical (unpaired) electrons. The second-order valence-corrected chi connectivity index (χ2v) is 7.08. The quantitative estimate of drug-likeness (QED) is 0.775. The number of benzene rings is 2. The normalized spacial score (nSPS) is 16.4. The third-order valence-corrected chi connectivity index (χ3v) is 5.16. The van der Waals surface area contributed by atoms with Crippen molar-refractivity contribution in [3.63, 3.8) is 0 Å². The van der Waals surface area contributed by atoms with Gasteiger partial charge in [0, 0.05) is 6.42 Å². The van der Waals surface area contributed by atoms with E-state index in [2.05, 4.69) is 0 Å². The van der Waals surface area contributed by atoms with Crippen LogP contribution in [0, 0.1) is 5.82 Å². The first kappa shape index (κ1) is 16.7. The number of fused-ring (bicyclic) bond motifs is 1. The van der Waals surface area contributed by atoms with E-state index in [1.807, 2.05) is 43.6 Å². The minimum absolute atomic E-state index is 0.146. The SMILES string of the molecule is CC1=C(C[C]=O)c2cc(F)ccc2C1=Cc1ccc([S+](C)[O-])cc1. The van der Waals surface area contributed by atoms with Gasteiger partial charge < -0.3 is 4.55 Å². The molecule has 0 saturated heterocycles. The lowest BCUT2D eigenvalue weighted by atomic mass is 10.0. The van der Waals surface area contributed by atoms with Gasteiger partial charge in [-0.1, -0.05) is 6.07 Å². The molecule has 0 amide bonds. The Balaban J connectivity index is 2.08. The van der Waals surface area contributed by atoms with Crippen molar-refractivity contribution in [2.24, 2.45) is 0 Å². The zero-order valence-electron chi connectivity index (χ0n) is 13.4. The van der Waals surface area contributed by atoms with Crippen LogP contribution >= 0.6 is 0 Å². The van der Waals surface area contributed by atoms with Gasteiger partial charge in [-0.2, -0.15) is 0 Å². The smallest absolute Gasteiger partial charge is 0.203 e. The van der Waals surface area contributed by atoms with Crippen molar-refractivity contribution in [1.82, 2.24) is 0 Å². The number of halogens is 1. The number of rotatable bonds is 4. The molecule has 1 aliphatic rings. The molecule has 1 unspecified atom stereocenters. The van der Waals surface area contributed by atoms with Crippen LogP contribution in [0.2, 0.25) is 0 Å². The van der Waals surface area contributed by atoms with Crippen LogP contribution in [0.1, 0.15) is 30.0 Å². The molecular formula is C20H16FO2S. The molecule has 2 aromatic carbocycles. The molecule has 0 fully saturated rings. The highest BCUT2D eigenvalue weighted by molar-refractivity contribution is 7.90. The number of allylic oxidation sites excluding steroid dienone is 3. The predicted octanol–water partition coefficient (Wildman–Crippen LogP) is 4.39. The summed E-state index contributed by atoms with van der Waals surface area (Å²) < 4.78 is 25.1. The van der Waals surface area contributed by atoms with Crippen molar-refractivity contribution in [2.45, 2.75) is 18.2 Å². The van der Waals surface area contributed by atoms with Gasteiger partial charge in [0.15, 0.2) is 4.90 Å². The van der Waals surface area contributed by atoms with Crippen molar-refractivity contribution in [1.29, 1.82) is 0 Å². The Kier molecular flexibility index (Phi) is 4.69. The standard InChI is InChI=1S/C20H16FO2S/c1-13-17(9-10-22)20-12-15(21)5-8-18(20)19(13)11-14-3-6-16(7-4-14)24(2)23/h3-8,11-12H,9H2,1-2H3. The highest BCUT2D eigenvalue weighted by Crippen LogP contribution is 2.43. The average Bonchev–Trinajstić information content (AvgIpc) is 2.81. The van der Waals surface area contributed by atoms with Gasteiger partial charge in [0.25, 0.3) is 0 Å². The number of hydrogen-bond donors (Lipinski definition) is 0. The molecule has 2 nitrogen and oxygen atoms in total. The topological polar surface area (TPSA) is 40.1 Å². The molecule has 1 atom stereocenters. The third-order valence-electron chi connectivity index (χ3n) is 4.23. The highest BCUT2D eigenvalue weighted by Gasteiger charge is 2.24. The number of hydrogen-bond acceptors (Lipinski definition) is 2. The Hall–Kier alpha value is -2.17. The zero-order valence-corrected chi connectivity index (χ0v) is 14.2. The highest BCUT2D eigenvalue weighted by atomic mass is 32.2. The summed E-state index contributed by atoms with van der Waals surface area (Å²) in [6.07, 6.45) is 5.71. The van der Waals surface area contributed by atoms with E-state index in [-0.39, 0.29) is 12.2 Å². The molecule has 24 heavy (non-hydrogen) atoms. The summed E-state index contributed by atoms with van der Waals surface area (Å²) >= 11 is -1.01. The van der Waals surface area contributed by atoms with Crippen LogP contribution in [-0.4, -0.2) is 17.1 Å². The van der Waals surface area contributed by atoms with Crippen LogP contribution < -0.4 is 0 Å². The van der Waals surface area contributed by atoms with Crippen molar-refractivity contribution >= 4 is 34.7 Å². The van der Waals surface area contributed by atoms with Crippen LogP contribution in [0.5, 0.6) is 0 Å². The fourth-order valence-electron chi connectivity index (χ4n) is 2.98. The van der Waals surface area contributed by atoms with Gasteiger partial charge in [0.1, 0.15) is 12.1 Å². The summed E-state index contributed by atoms with van der Waals surface area (Å²) in [5.74, 6) is -0.319. The predicted molar refractivity (Wildman–Crippen MR) is 95.9 cm³/mol. The molecule has 4 heteroatoms. The minimum Gasteiger partial charge on any atom is -0.612 e. The fourth-order valence-corrected chi connectivity index (χ4v) is 3.50. The van der Waals surface area contributed by atoms with Crippen molar-refractivity contribution in [3.05, 3.63) is 70.5 Å². The van der Waals surface area contributed by atoms with E-state index >= 15 is 0 Å². The summed E-state index contributed by atoms with van der Waals surface area (Å²) in [5.41, 5.74) is 5.39. The van der Waals surface area contributed by atoms with Gasteiger partial charge in [0.2, 0.25) is 6.29 Å². The lowest BCUT2D eigenvalue weighted by Gasteiger charge is -2.06. The zero-order chi connectivity index (χ0) is 17.3. The van der Waals surface area contributed by atoms with Crippen molar-refractivity contribution in [2.75, 3.05) is 6.26 Å². The summed E-state index contributed by atoms with van der Waals surface area (Å²) in [6, 6.07) is 12.1. The maximum absolute atomic E-state index is 13.6. The van der Waals surface area contributed by atoms with Crippen molar-refractivity contribution < 1.29 is 13.7 Å². The van der Waals surface area contributed by atoms with E-state index in [4.69, 9.17) is 0 Å². The van der Waals surface area contributed by atoms with E-state index < -0.39 is 11.2 Å². The summed E-state index contributed by atoms with van der Waals surface area (Å²) in [4.78, 5) is 11.6. The van der Waals surface area contributed by atoms with Gasteiger partial charge in [-0.05, 0) is 94.0 Å². The molecule has 0 aliphatic heterocycles. The first-order chi connectivity index (χ1) is 11.5. The summed E-state index contributed by atoms with van der Waals surface area (Å²) in [7, 11) is 0. The third kappa shape index (κ3) is 3.07. The fraction of sp³-hybridized carbons (Fsp3) is 0.150. The van der Waals surface area contributed by atoms with Gasteiger partial charge >= 0.3 is 0 Å². The molecule has 0 saturated carbocycles. The first-order valence-corrected chi connectivity index (χ1v) is 9.07. The second-order valence-electron chi connectivity index (χ2n) is 5.70. The molecule has 1 aliphatic carbocycles. The lowest BCUT2D eigenvalue weighted by molar-refractivity contribution is 0.556. The summed E-state index contributed by atoms with van der Waals surface area (Å²) in [6.45, 7) is 1.94. The van der Waals surface area contributed by atoms with Gasteiger partial charge in [-0.25, -0.2) is 4.39 Å². The van der Waals surface area contributed by atoms with Crippen LogP contribution in [0.15, 0.2) is 52.9 Å². The maximum atomic E-state index is 13.6. The molecule has 2 aromatic rings. The molecule has 0 spiro atoms. The van der Waals surface area contributed by atoms with E-state index in [1.165, 1.54) is 12.1 Å². The van der Waals surface area contributed by atoms with Crippen LogP contribution in [0.25, 0.3) is 17.2 Å². The molecule has 0 aromatic heterocycles. The van der Waals surface area contributed by atoms with Gasteiger partial charge in [-0.3, -0.25) is 4.79 Å². The number of carbonyl (C=O) groups excluding carboxylic acids is 1. The molecular weight excluding hydrogens is 323 g/mol. The lowest BCUT2D eigenvalue weighted by Crippen LogP contribution is -1.96. The van der Waals surface area contributed by atoms with E-state index in [0.717, 1.165) is 38.3 Å². The second kappa shape index (κ2) is 6.75. The maximum Gasteiger partial charge on any atom is 0.203 e. The first-order valence-electron chi connectivity index (χ1n) is 7.52. The van der Waals surface area contributed by atoms with Crippen LogP contribution in [0.3, 0.4) is 0 Å². The van der Waals surface area contributed by atoms with Gasteiger partial charge in [0.05, 0.1) is 0 Å². The molecule has 0 heterocycles. The molecule has 121 valence electrons. The van der Waals surface area contributed by atoms with Crippen LogP contribution in [0.4, 0.5) is 4.39 Å². The molecule has 0 N–H and O–H groups in total. The van der Waals surface area contributed by atoms with E-state index in [0.29, 0.717) is 0 Å².